The van der Waals surface area contributed by atoms with E-state index >= 15 is 0 Å². The van der Waals surface area contributed by atoms with Crippen LogP contribution < -0.4 is 0 Å². The van der Waals surface area contributed by atoms with E-state index in [1.165, 1.54) is 186 Å². The van der Waals surface area contributed by atoms with Crippen molar-refractivity contribution in [1.82, 2.24) is 0 Å². The molecule has 0 aromatic carbocycles. The van der Waals surface area contributed by atoms with Crippen LogP contribution in [0.2, 0.25) is 0 Å². The highest BCUT2D eigenvalue weighted by molar-refractivity contribution is 5.71. The molecule has 1 atom stereocenters. The van der Waals surface area contributed by atoms with Gasteiger partial charge >= 0.3 is 17.9 Å². The molecule has 0 fully saturated rings. The van der Waals surface area contributed by atoms with Gasteiger partial charge in [-0.15, -0.1) is 0 Å². The smallest absolute Gasteiger partial charge is 0.306 e. The van der Waals surface area contributed by atoms with Crippen molar-refractivity contribution in [2.24, 2.45) is 11.8 Å². The Morgan fingerprint density at radius 3 is 0.817 bits per heavy atom. The molecular formula is C54H104O6. The number of hydrogen-bond donors (Lipinski definition) is 0. The van der Waals surface area contributed by atoms with Crippen LogP contribution in [0.15, 0.2) is 0 Å². The first-order valence-corrected chi connectivity index (χ1v) is 26.7. The molecule has 6 nitrogen and oxygen atoms in total. The predicted octanol–water partition coefficient (Wildman–Crippen LogP) is 17.3. The van der Waals surface area contributed by atoms with Crippen molar-refractivity contribution in [2.75, 3.05) is 13.2 Å². The van der Waals surface area contributed by atoms with Gasteiger partial charge in [-0.1, -0.05) is 259 Å². The molecule has 6 heteroatoms. The van der Waals surface area contributed by atoms with Gasteiger partial charge in [-0.05, 0) is 31.1 Å². The molecule has 0 amide bonds. The van der Waals surface area contributed by atoms with Crippen molar-refractivity contribution < 1.29 is 28.6 Å². The number of rotatable bonds is 48. The van der Waals surface area contributed by atoms with Crippen molar-refractivity contribution >= 4 is 17.9 Å². The second-order valence-electron chi connectivity index (χ2n) is 19.5. The van der Waals surface area contributed by atoms with Crippen molar-refractivity contribution in [1.29, 1.82) is 0 Å². The number of hydrogen-bond acceptors (Lipinski definition) is 6. The van der Waals surface area contributed by atoms with Gasteiger partial charge in [0.2, 0.25) is 0 Å². The van der Waals surface area contributed by atoms with E-state index in [0.29, 0.717) is 19.3 Å². The Hall–Kier alpha value is -1.59. The maximum absolute atomic E-state index is 12.8. The predicted molar refractivity (Wildman–Crippen MR) is 256 cm³/mol. The molecule has 0 saturated carbocycles. The minimum absolute atomic E-state index is 0.0634. The molecule has 0 saturated heterocycles. The molecule has 0 unspecified atom stereocenters. The average molecular weight is 849 g/mol. The average Bonchev–Trinajstić information content (AvgIpc) is 3.22. The Morgan fingerprint density at radius 1 is 0.317 bits per heavy atom. The van der Waals surface area contributed by atoms with Crippen LogP contribution in [0, 0.1) is 11.8 Å². The number of esters is 3. The molecule has 60 heavy (non-hydrogen) atoms. The lowest BCUT2D eigenvalue weighted by molar-refractivity contribution is -0.167. The minimum Gasteiger partial charge on any atom is -0.462 e. The molecule has 0 spiro atoms. The normalized spacial score (nSPS) is 12.1. The standard InChI is InChI=1S/C54H104O6/c1-6-7-8-9-10-22-29-34-39-44-52(55)58-47-51(60-54(57)46-41-36-31-26-21-17-16-19-24-28-33-38-43-50(4)5)48-59-53(56)45-40-35-30-25-20-15-13-11-12-14-18-23-27-32-37-42-49(2)3/h49-51H,6-48H2,1-5H3/t51-/m1/s1. The molecule has 0 bridgehead atoms. The van der Waals surface area contributed by atoms with Crippen LogP contribution in [0.3, 0.4) is 0 Å². The van der Waals surface area contributed by atoms with Crippen LogP contribution in [-0.4, -0.2) is 37.2 Å². The number of carbonyl (C=O) groups is 3. The summed E-state index contributed by atoms with van der Waals surface area (Å²) >= 11 is 0. The zero-order valence-electron chi connectivity index (χ0n) is 41.1. The van der Waals surface area contributed by atoms with Crippen molar-refractivity contribution in [3.8, 4) is 0 Å². The van der Waals surface area contributed by atoms with E-state index in [1.54, 1.807) is 0 Å². The first-order chi connectivity index (χ1) is 29.2. The van der Waals surface area contributed by atoms with Gasteiger partial charge in [-0.2, -0.15) is 0 Å². The highest BCUT2D eigenvalue weighted by atomic mass is 16.6. The fraction of sp³-hybridized carbons (Fsp3) is 0.944. The quantitative estimate of drug-likeness (QED) is 0.0345. The molecular weight excluding hydrogens is 745 g/mol. The van der Waals surface area contributed by atoms with E-state index in [1.807, 2.05) is 0 Å². The SMILES string of the molecule is CCCCCCCCCCCC(=O)OC[C@H](COC(=O)CCCCCCCCCCCCCCCCCC(C)C)OC(=O)CCCCCCCCCCCCCCC(C)C. The molecule has 0 heterocycles. The molecule has 0 aliphatic rings. The fourth-order valence-corrected chi connectivity index (χ4v) is 8.17. The highest BCUT2D eigenvalue weighted by Gasteiger charge is 2.19. The van der Waals surface area contributed by atoms with Gasteiger partial charge in [0.25, 0.3) is 0 Å². The summed E-state index contributed by atoms with van der Waals surface area (Å²) in [5.74, 6) is 0.833. The largest absolute Gasteiger partial charge is 0.462 e. The van der Waals surface area contributed by atoms with Crippen molar-refractivity contribution in [3.05, 3.63) is 0 Å². The third-order valence-electron chi connectivity index (χ3n) is 12.2. The van der Waals surface area contributed by atoms with E-state index in [0.717, 1.165) is 69.6 Å². The molecule has 0 N–H and O–H groups in total. The van der Waals surface area contributed by atoms with Gasteiger partial charge in [0.05, 0.1) is 0 Å². The summed E-state index contributed by atoms with van der Waals surface area (Å²) in [6, 6.07) is 0. The third kappa shape index (κ3) is 47.5. The van der Waals surface area contributed by atoms with E-state index in [2.05, 4.69) is 34.6 Å². The fourth-order valence-electron chi connectivity index (χ4n) is 8.17. The van der Waals surface area contributed by atoms with Gasteiger partial charge < -0.3 is 14.2 Å². The molecule has 0 aliphatic heterocycles. The minimum atomic E-state index is -0.761. The molecule has 0 aromatic rings. The maximum atomic E-state index is 12.8. The van der Waals surface area contributed by atoms with E-state index < -0.39 is 6.10 Å². The first kappa shape index (κ1) is 58.4. The Labute approximate surface area is 374 Å². The Morgan fingerprint density at radius 2 is 0.550 bits per heavy atom. The van der Waals surface area contributed by atoms with Gasteiger partial charge in [0.1, 0.15) is 13.2 Å². The van der Waals surface area contributed by atoms with Crippen LogP contribution in [0.25, 0.3) is 0 Å². The van der Waals surface area contributed by atoms with Gasteiger partial charge in [-0.25, -0.2) is 0 Å². The van der Waals surface area contributed by atoms with E-state index in [9.17, 15) is 14.4 Å². The lowest BCUT2D eigenvalue weighted by Gasteiger charge is -2.18. The summed E-state index contributed by atoms with van der Waals surface area (Å²) in [5, 5.41) is 0. The Balaban J connectivity index is 4.24. The topological polar surface area (TPSA) is 78.9 Å². The lowest BCUT2D eigenvalue weighted by Crippen LogP contribution is -2.30. The number of ether oxygens (including phenoxy) is 3. The zero-order valence-corrected chi connectivity index (χ0v) is 41.1. The van der Waals surface area contributed by atoms with Gasteiger partial charge in [0.15, 0.2) is 6.10 Å². The summed E-state index contributed by atoms with van der Waals surface area (Å²) in [5.41, 5.74) is 0. The first-order valence-electron chi connectivity index (χ1n) is 26.7. The summed E-state index contributed by atoms with van der Waals surface area (Å²) in [4.78, 5) is 37.9. The van der Waals surface area contributed by atoms with Gasteiger partial charge in [-0.3, -0.25) is 14.4 Å². The lowest BCUT2D eigenvalue weighted by atomic mass is 10.0. The summed E-state index contributed by atoms with van der Waals surface area (Å²) in [7, 11) is 0. The van der Waals surface area contributed by atoms with Crippen LogP contribution in [0.1, 0.15) is 298 Å². The number of unbranched alkanes of at least 4 members (excludes halogenated alkanes) is 33. The van der Waals surface area contributed by atoms with Crippen LogP contribution in [0.5, 0.6) is 0 Å². The van der Waals surface area contributed by atoms with E-state index in [-0.39, 0.29) is 31.1 Å². The molecule has 0 aliphatic carbocycles. The van der Waals surface area contributed by atoms with Crippen molar-refractivity contribution in [3.63, 3.8) is 0 Å². The molecule has 356 valence electrons. The van der Waals surface area contributed by atoms with Gasteiger partial charge in [0, 0.05) is 19.3 Å². The highest BCUT2D eigenvalue weighted by Crippen LogP contribution is 2.18. The Kier molecular flexibility index (Phi) is 45.7. The van der Waals surface area contributed by atoms with Crippen LogP contribution >= 0.6 is 0 Å². The molecule has 0 radical (unpaired) electrons. The summed E-state index contributed by atoms with van der Waals surface area (Å²) < 4.78 is 16.8. The Bertz CT molecular complexity index is 916. The molecule has 0 aromatic heterocycles. The van der Waals surface area contributed by atoms with Crippen molar-refractivity contribution in [2.45, 2.75) is 304 Å². The van der Waals surface area contributed by atoms with Crippen LogP contribution in [-0.2, 0) is 28.6 Å². The summed E-state index contributed by atoms with van der Waals surface area (Å²) in [6.07, 6.45) is 48.1. The maximum Gasteiger partial charge on any atom is 0.306 e. The second-order valence-corrected chi connectivity index (χ2v) is 19.5. The second kappa shape index (κ2) is 46.9. The monoisotopic (exact) mass is 849 g/mol. The third-order valence-corrected chi connectivity index (χ3v) is 12.2. The summed E-state index contributed by atoms with van der Waals surface area (Å²) in [6.45, 7) is 11.4. The number of carbonyl (C=O) groups excluding carboxylic acids is 3. The van der Waals surface area contributed by atoms with Crippen LogP contribution in [0.4, 0.5) is 0 Å². The molecule has 0 rings (SSSR count). The van der Waals surface area contributed by atoms with E-state index in [4.69, 9.17) is 14.2 Å². The zero-order chi connectivity index (χ0) is 44.0.